The topological polar surface area (TPSA) is 66.8 Å². The Kier molecular flexibility index (Phi) is 5.75. The van der Waals surface area contributed by atoms with Gasteiger partial charge in [0.25, 0.3) is 0 Å². The third-order valence-electron chi connectivity index (χ3n) is 2.56. The van der Waals surface area contributed by atoms with E-state index in [1.807, 2.05) is 32.0 Å². The van der Waals surface area contributed by atoms with Crippen LogP contribution in [0.2, 0.25) is 0 Å². The summed E-state index contributed by atoms with van der Waals surface area (Å²) in [7, 11) is 3.93. The van der Waals surface area contributed by atoms with Crippen LogP contribution in [0.4, 0.5) is 10.9 Å². The number of hydrogen-bond acceptors (Lipinski definition) is 8. The highest BCUT2D eigenvalue weighted by Gasteiger charge is 2.08. The van der Waals surface area contributed by atoms with Crippen molar-refractivity contribution in [1.29, 1.82) is 0 Å². The van der Waals surface area contributed by atoms with Gasteiger partial charge in [-0.1, -0.05) is 30.0 Å². The van der Waals surface area contributed by atoms with Crippen LogP contribution in [0.3, 0.4) is 0 Å². The molecule has 0 spiro atoms. The summed E-state index contributed by atoms with van der Waals surface area (Å²) >= 11 is 3.20. The fraction of sp³-hybridized carbons (Fsp3) is 0.538. The van der Waals surface area contributed by atoms with E-state index in [0.717, 1.165) is 39.8 Å². The Hall–Kier alpha value is -1.41. The van der Waals surface area contributed by atoms with E-state index in [9.17, 15) is 0 Å². The molecule has 0 aromatic carbocycles. The molecule has 114 valence electrons. The zero-order valence-electron chi connectivity index (χ0n) is 12.8. The van der Waals surface area contributed by atoms with Crippen molar-refractivity contribution in [3.63, 3.8) is 0 Å². The van der Waals surface area contributed by atoms with Gasteiger partial charge in [-0.3, -0.25) is 0 Å². The molecule has 0 aliphatic carbocycles. The summed E-state index contributed by atoms with van der Waals surface area (Å²) in [5.74, 6) is 2.41. The zero-order chi connectivity index (χ0) is 15.2. The van der Waals surface area contributed by atoms with Crippen LogP contribution < -0.4 is 10.2 Å². The van der Waals surface area contributed by atoms with Crippen LogP contribution in [0.15, 0.2) is 10.4 Å². The maximum absolute atomic E-state index is 4.53. The standard InChI is InChI=1S/C13H20N6S2/c1-5-6-14-10-7-9(2)15-11(16-10)8-20-13-18-17-12(21-13)19(3)4/h7H,5-6,8H2,1-4H3,(H,14,15,16). The molecule has 21 heavy (non-hydrogen) atoms. The monoisotopic (exact) mass is 324 g/mol. The quantitative estimate of drug-likeness (QED) is 0.785. The van der Waals surface area contributed by atoms with Crippen LogP contribution in [0, 0.1) is 6.92 Å². The molecular weight excluding hydrogens is 304 g/mol. The van der Waals surface area contributed by atoms with Gasteiger partial charge < -0.3 is 10.2 Å². The molecule has 0 bridgehead atoms. The maximum atomic E-state index is 4.53. The first kappa shape index (κ1) is 16.0. The molecule has 0 unspecified atom stereocenters. The number of nitrogens with one attached hydrogen (secondary N) is 1. The summed E-state index contributed by atoms with van der Waals surface area (Å²) in [6.45, 7) is 5.04. The van der Waals surface area contributed by atoms with Crippen molar-refractivity contribution in [2.24, 2.45) is 0 Å². The summed E-state index contributed by atoms with van der Waals surface area (Å²) in [5, 5.41) is 12.5. The Morgan fingerprint density at radius 2 is 2.10 bits per heavy atom. The van der Waals surface area contributed by atoms with Gasteiger partial charge in [0.15, 0.2) is 4.34 Å². The predicted octanol–water partition coefficient (Wildman–Crippen LogP) is 2.82. The predicted molar refractivity (Wildman–Crippen MR) is 89.3 cm³/mol. The highest BCUT2D eigenvalue weighted by molar-refractivity contribution is 8.00. The molecule has 1 N–H and O–H groups in total. The molecule has 0 amide bonds. The second-order valence-corrected chi connectivity index (χ2v) is 6.95. The first-order valence-electron chi connectivity index (χ1n) is 6.80. The van der Waals surface area contributed by atoms with Crippen LogP contribution in [0.1, 0.15) is 24.9 Å². The lowest BCUT2D eigenvalue weighted by atomic mass is 10.4. The van der Waals surface area contributed by atoms with Crippen molar-refractivity contribution in [1.82, 2.24) is 20.2 Å². The molecular formula is C13H20N6S2. The number of aryl methyl sites for hydroxylation is 1. The Bertz CT molecular complexity index is 584. The number of aromatic nitrogens is 4. The number of rotatable bonds is 7. The fourth-order valence-electron chi connectivity index (χ4n) is 1.61. The van der Waals surface area contributed by atoms with Crippen LogP contribution in [0.25, 0.3) is 0 Å². The first-order chi connectivity index (χ1) is 10.1. The van der Waals surface area contributed by atoms with Gasteiger partial charge in [-0.25, -0.2) is 9.97 Å². The highest BCUT2D eigenvalue weighted by atomic mass is 32.2. The second kappa shape index (κ2) is 7.56. The van der Waals surface area contributed by atoms with Gasteiger partial charge in [-0.05, 0) is 13.3 Å². The minimum absolute atomic E-state index is 0.699. The van der Waals surface area contributed by atoms with Gasteiger partial charge >= 0.3 is 0 Å². The minimum atomic E-state index is 0.699. The normalized spacial score (nSPS) is 10.7. The molecule has 6 nitrogen and oxygen atoms in total. The summed E-state index contributed by atoms with van der Waals surface area (Å²) < 4.78 is 0.937. The molecule has 0 saturated heterocycles. The van der Waals surface area contributed by atoms with E-state index >= 15 is 0 Å². The Balaban J connectivity index is 1.99. The third-order valence-corrected chi connectivity index (χ3v) is 4.78. The first-order valence-corrected chi connectivity index (χ1v) is 8.60. The fourth-order valence-corrected chi connectivity index (χ4v) is 3.22. The van der Waals surface area contributed by atoms with E-state index in [1.54, 1.807) is 23.1 Å². The van der Waals surface area contributed by atoms with E-state index in [-0.39, 0.29) is 0 Å². The third kappa shape index (κ3) is 4.82. The SMILES string of the molecule is CCCNc1cc(C)nc(CSc2nnc(N(C)C)s2)n1. The summed E-state index contributed by atoms with van der Waals surface area (Å²) in [6, 6.07) is 1.97. The lowest BCUT2D eigenvalue weighted by Gasteiger charge is -2.07. The average Bonchev–Trinajstić information content (AvgIpc) is 2.91. The van der Waals surface area contributed by atoms with E-state index in [4.69, 9.17) is 0 Å². The lowest BCUT2D eigenvalue weighted by Crippen LogP contribution is -2.07. The molecule has 0 saturated carbocycles. The molecule has 2 heterocycles. The number of anilines is 2. The highest BCUT2D eigenvalue weighted by Crippen LogP contribution is 2.28. The molecule has 0 aliphatic rings. The molecule has 0 atom stereocenters. The van der Waals surface area contributed by atoms with E-state index in [2.05, 4.69) is 32.4 Å². The van der Waals surface area contributed by atoms with Crippen LogP contribution in [-0.4, -0.2) is 40.8 Å². The van der Waals surface area contributed by atoms with Crippen molar-refractivity contribution < 1.29 is 0 Å². The molecule has 2 rings (SSSR count). The van der Waals surface area contributed by atoms with E-state index in [0.29, 0.717) is 5.75 Å². The Labute approximate surface area is 133 Å². The lowest BCUT2D eigenvalue weighted by molar-refractivity contribution is 0.938. The molecule has 2 aromatic heterocycles. The van der Waals surface area contributed by atoms with Gasteiger partial charge in [0.2, 0.25) is 5.13 Å². The van der Waals surface area contributed by atoms with E-state index < -0.39 is 0 Å². The average molecular weight is 324 g/mol. The molecule has 8 heteroatoms. The summed E-state index contributed by atoms with van der Waals surface area (Å²) in [4.78, 5) is 11.0. The largest absolute Gasteiger partial charge is 0.370 e. The van der Waals surface area contributed by atoms with Crippen molar-refractivity contribution in [2.75, 3.05) is 30.9 Å². The molecule has 0 radical (unpaired) electrons. The van der Waals surface area contributed by atoms with Crippen molar-refractivity contribution in [3.8, 4) is 0 Å². The van der Waals surface area contributed by atoms with Gasteiger partial charge in [-0.2, -0.15) is 0 Å². The van der Waals surface area contributed by atoms with Crippen molar-refractivity contribution in [2.45, 2.75) is 30.4 Å². The van der Waals surface area contributed by atoms with Crippen molar-refractivity contribution >= 4 is 34.0 Å². The Morgan fingerprint density at radius 1 is 1.29 bits per heavy atom. The van der Waals surface area contributed by atoms with Gasteiger partial charge in [0.1, 0.15) is 11.6 Å². The smallest absolute Gasteiger partial charge is 0.208 e. The van der Waals surface area contributed by atoms with Gasteiger partial charge in [0, 0.05) is 32.4 Å². The summed E-state index contributed by atoms with van der Waals surface area (Å²) in [6.07, 6.45) is 1.07. The van der Waals surface area contributed by atoms with Gasteiger partial charge in [-0.15, -0.1) is 10.2 Å². The van der Waals surface area contributed by atoms with Gasteiger partial charge in [0.05, 0.1) is 5.75 Å². The molecule has 0 fully saturated rings. The number of hydrogen-bond donors (Lipinski definition) is 1. The Morgan fingerprint density at radius 3 is 2.76 bits per heavy atom. The zero-order valence-corrected chi connectivity index (χ0v) is 14.4. The minimum Gasteiger partial charge on any atom is -0.370 e. The van der Waals surface area contributed by atoms with Crippen LogP contribution in [0.5, 0.6) is 0 Å². The second-order valence-electron chi connectivity index (χ2n) is 4.77. The molecule has 0 aliphatic heterocycles. The summed E-state index contributed by atoms with van der Waals surface area (Å²) in [5.41, 5.74) is 0.977. The molecule has 2 aromatic rings. The maximum Gasteiger partial charge on any atom is 0.208 e. The van der Waals surface area contributed by atoms with E-state index in [1.165, 1.54) is 0 Å². The van der Waals surface area contributed by atoms with Crippen LogP contribution >= 0.6 is 23.1 Å². The van der Waals surface area contributed by atoms with Crippen LogP contribution in [-0.2, 0) is 5.75 Å². The van der Waals surface area contributed by atoms with Crippen molar-refractivity contribution in [3.05, 3.63) is 17.6 Å². The number of thioether (sulfide) groups is 1. The number of nitrogens with zero attached hydrogens (tertiary/aromatic N) is 5.